The Morgan fingerprint density at radius 2 is 1.91 bits per heavy atom. The number of halogens is 1. The number of amides is 1. The van der Waals surface area contributed by atoms with Crippen molar-refractivity contribution in [2.45, 2.75) is 63.8 Å². The van der Waals surface area contributed by atoms with Gasteiger partial charge in [-0.25, -0.2) is 0 Å². The summed E-state index contributed by atoms with van der Waals surface area (Å²) in [5.41, 5.74) is 2.10. The van der Waals surface area contributed by atoms with Gasteiger partial charge < -0.3 is 15.5 Å². The molecule has 1 aromatic rings. The van der Waals surface area contributed by atoms with E-state index in [1.165, 1.54) is 36.8 Å². The number of nitrogens with one attached hydrogen (secondary N) is 2. The molecule has 3 aliphatic heterocycles. The number of carbonyl (C=O) groups excluding carboxylic acids is 1. The molecule has 5 nitrogen and oxygen atoms in total. The number of aliphatic imine (C=N–C) groups is 1. The highest BCUT2D eigenvalue weighted by atomic mass is 35.5. The van der Waals surface area contributed by atoms with Gasteiger partial charge in [0.25, 0.3) is 0 Å². The Bertz CT molecular complexity index is 884. The van der Waals surface area contributed by atoms with Crippen LogP contribution < -0.4 is 10.6 Å². The van der Waals surface area contributed by atoms with Gasteiger partial charge in [0.1, 0.15) is 5.84 Å². The fraction of sp³-hybridized carbons (Fsp3) is 0.692. The van der Waals surface area contributed by atoms with Crippen LogP contribution in [0.5, 0.6) is 0 Å². The van der Waals surface area contributed by atoms with Gasteiger partial charge in [0, 0.05) is 11.6 Å². The summed E-state index contributed by atoms with van der Waals surface area (Å²) in [5, 5.41) is 7.66. The lowest BCUT2D eigenvalue weighted by Crippen LogP contribution is -2.59. The zero-order valence-electron chi connectivity index (χ0n) is 19.5. The van der Waals surface area contributed by atoms with Crippen molar-refractivity contribution in [1.29, 1.82) is 0 Å². The second kappa shape index (κ2) is 8.98. The molecule has 0 radical (unpaired) electrons. The van der Waals surface area contributed by atoms with Crippen molar-refractivity contribution in [2.24, 2.45) is 22.7 Å². The molecule has 0 aromatic heterocycles. The molecule has 3 heterocycles. The van der Waals surface area contributed by atoms with Gasteiger partial charge in [-0.2, -0.15) is 0 Å². The van der Waals surface area contributed by atoms with Crippen molar-refractivity contribution in [3.8, 4) is 0 Å². The van der Waals surface area contributed by atoms with Gasteiger partial charge in [-0.3, -0.25) is 9.79 Å². The van der Waals surface area contributed by atoms with Crippen LogP contribution in [-0.4, -0.2) is 49.4 Å². The van der Waals surface area contributed by atoms with Gasteiger partial charge in [0.15, 0.2) is 0 Å². The molecule has 1 aromatic carbocycles. The van der Waals surface area contributed by atoms with Crippen molar-refractivity contribution in [3.63, 3.8) is 0 Å². The predicted molar refractivity (Wildman–Crippen MR) is 130 cm³/mol. The SMILES string of the molecule is CC(C)C1CCC(C2c3cc(Cl)ccc3C3(CCNCC3)C(=O)N2CC2=NCCN2)CC1. The maximum Gasteiger partial charge on any atom is 0.234 e. The standard InChI is InChI=1S/C26H37ClN4O/c1-17(2)18-3-5-19(6-4-18)24-21-15-20(27)7-8-22(21)26(9-11-28-12-10-26)25(32)31(24)16-23-29-13-14-30-23/h7-8,15,17-19,24,28H,3-6,9-14,16H2,1-2H3,(H,29,30). The molecular formula is C26H37ClN4O. The zero-order valence-corrected chi connectivity index (χ0v) is 20.3. The van der Waals surface area contributed by atoms with E-state index in [0.29, 0.717) is 18.4 Å². The quantitative estimate of drug-likeness (QED) is 0.709. The summed E-state index contributed by atoms with van der Waals surface area (Å²) in [5.74, 6) is 3.29. The summed E-state index contributed by atoms with van der Waals surface area (Å²) in [6, 6.07) is 6.41. The Morgan fingerprint density at radius 3 is 2.56 bits per heavy atom. The first-order valence-corrected chi connectivity index (χ1v) is 13.0. The van der Waals surface area contributed by atoms with E-state index in [-0.39, 0.29) is 6.04 Å². The van der Waals surface area contributed by atoms with Gasteiger partial charge >= 0.3 is 0 Å². The minimum atomic E-state index is -0.435. The summed E-state index contributed by atoms with van der Waals surface area (Å²) in [7, 11) is 0. The first-order valence-electron chi connectivity index (χ1n) is 12.6. The molecule has 2 fully saturated rings. The van der Waals surface area contributed by atoms with E-state index in [9.17, 15) is 4.79 Å². The minimum Gasteiger partial charge on any atom is -0.370 e. The summed E-state index contributed by atoms with van der Waals surface area (Å²) >= 11 is 6.58. The highest BCUT2D eigenvalue weighted by molar-refractivity contribution is 6.30. The molecule has 2 N–H and O–H groups in total. The Hall–Kier alpha value is -1.59. The van der Waals surface area contributed by atoms with E-state index in [1.54, 1.807) is 0 Å². The molecule has 32 heavy (non-hydrogen) atoms. The van der Waals surface area contributed by atoms with Crippen molar-refractivity contribution >= 4 is 23.3 Å². The second-order valence-corrected chi connectivity index (χ2v) is 11.1. The molecule has 1 unspecified atom stereocenters. The summed E-state index contributed by atoms with van der Waals surface area (Å²) in [4.78, 5) is 21.2. The highest BCUT2D eigenvalue weighted by Gasteiger charge is 2.52. The van der Waals surface area contributed by atoms with Crippen LogP contribution in [-0.2, 0) is 10.2 Å². The zero-order chi connectivity index (χ0) is 22.3. The second-order valence-electron chi connectivity index (χ2n) is 10.6. The number of fused-ring (bicyclic) bond motifs is 2. The molecular weight excluding hydrogens is 420 g/mol. The van der Waals surface area contributed by atoms with Gasteiger partial charge in [-0.1, -0.05) is 31.5 Å². The van der Waals surface area contributed by atoms with Gasteiger partial charge in [-0.15, -0.1) is 0 Å². The molecule has 1 atom stereocenters. The largest absolute Gasteiger partial charge is 0.370 e. The lowest BCUT2D eigenvalue weighted by molar-refractivity contribution is -0.144. The molecule has 4 aliphatic rings. The summed E-state index contributed by atoms with van der Waals surface area (Å²) < 4.78 is 0. The summed E-state index contributed by atoms with van der Waals surface area (Å²) in [6.45, 7) is 8.73. The third-order valence-corrected chi connectivity index (χ3v) is 8.82. The number of nitrogens with zero attached hydrogens (tertiary/aromatic N) is 2. The van der Waals surface area contributed by atoms with E-state index in [0.717, 1.165) is 61.7 Å². The lowest BCUT2D eigenvalue weighted by atomic mass is 9.63. The Labute approximate surface area is 197 Å². The molecule has 1 aliphatic carbocycles. The maximum atomic E-state index is 14.3. The molecule has 5 rings (SSSR count). The number of hydrogen-bond acceptors (Lipinski definition) is 4. The van der Waals surface area contributed by atoms with Crippen LogP contribution in [0, 0.1) is 17.8 Å². The monoisotopic (exact) mass is 456 g/mol. The Balaban J connectivity index is 1.57. The van der Waals surface area contributed by atoms with Gasteiger partial charge in [0.05, 0.1) is 24.5 Å². The molecule has 6 heteroatoms. The third kappa shape index (κ3) is 3.86. The first kappa shape index (κ1) is 22.2. The fourth-order valence-corrected chi connectivity index (χ4v) is 6.94. The Morgan fingerprint density at radius 1 is 1.16 bits per heavy atom. The molecule has 0 bridgehead atoms. The van der Waals surface area contributed by atoms with Crippen molar-refractivity contribution in [1.82, 2.24) is 15.5 Å². The molecule has 1 amide bonds. The average Bonchev–Trinajstić information content (AvgIpc) is 3.31. The van der Waals surface area contributed by atoms with Crippen LogP contribution in [0.2, 0.25) is 5.02 Å². The third-order valence-electron chi connectivity index (χ3n) is 8.58. The van der Waals surface area contributed by atoms with Crippen LogP contribution in [0.1, 0.15) is 69.5 Å². The number of hydrogen-bond donors (Lipinski definition) is 2. The molecule has 174 valence electrons. The van der Waals surface area contributed by atoms with Gasteiger partial charge in [0.2, 0.25) is 5.91 Å². The van der Waals surface area contributed by atoms with Gasteiger partial charge in [-0.05, 0) is 92.6 Å². The topological polar surface area (TPSA) is 56.7 Å². The van der Waals surface area contributed by atoms with Crippen LogP contribution in [0.4, 0.5) is 0 Å². The minimum absolute atomic E-state index is 0.0925. The van der Waals surface area contributed by atoms with E-state index >= 15 is 0 Å². The first-order chi connectivity index (χ1) is 15.5. The molecule has 1 spiro atoms. The van der Waals surface area contributed by atoms with Crippen molar-refractivity contribution in [2.75, 3.05) is 32.7 Å². The highest BCUT2D eigenvalue weighted by Crippen LogP contribution is 2.51. The van der Waals surface area contributed by atoms with Crippen LogP contribution >= 0.6 is 11.6 Å². The van der Waals surface area contributed by atoms with Crippen LogP contribution in [0.3, 0.4) is 0 Å². The normalized spacial score (nSPS) is 29.8. The maximum absolute atomic E-state index is 14.3. The summed E-state index contributed by atoms with van der Waals surface area (Å²) in [6.07, 6.45) is 6.57. The number of piperidine rings is 1. The van der Waals surface area contributed by atoms with Crippen LogP contribution in [0.15, 0.2) is 23.2 Å². The fourth-order valence-electron chi connectivity index (χ4n) is 6.76. The smallest absolute Gasteiger partial charge is 0.234 e. The molecule has 1 saturated carbocycles. The Kier molecular flexibility index (Phi) is 6.23. The van der Waals surface area contributed by atoms with Crippen molar-refractivity contribution in [3.05, 3.63) is 34.3 Å². The van der Waals surface area contributed by atoms with Crippen molar-refractivity contribution < 1.29 is 4.79 Å². The average molecular weight is 457 g/mol. The van der Waals surface area contributed by atoms with E-state index in [1.807, 2.05) is 6.07 Å². The van der Waals surface area contributed by atoms with Crippen LogP contribution in [0.25, 0.3) is 0 Å². The van der Waals surface area contributed by atoms with E-state index < -0.39 is 5.41 Å². The number of benzene rings is 1. The van der Waals surface area contributed by atoms with E-state index in [2.05, 4.69) is 46.5 Å². The lowest BCUT2D eigenvalue weighted by Gasteiger charge is -2.52. The van der Waals surface area contributed by atoms with E-state index in [4.69, 9.17) is 11.6 Å². The number of amidine groups is 1. The number of carbonyl (C=O) groups is 1. The predicted octanol–water partition coefficient (Wildman–Crippen LogP) is 4.31. The number of rotatable bonds is 4. The molecule has 1 saturated heterocycles.